The topological polar surface area (TPSA) is 86.5 Å². The van der Waals surface area contributed by atoms with E-state index >= 15 is 0 Å². The highest BCUT2D eigenvalue weighted by Gasteiger charge is 2.27. The lowest BCUT2D eigenvalue weighted by molar-refractivity contribution is 0.0757. The van der Waals surface area contributed by atoms with E-state index in [2.05, 4.69) is 10.3 Å². The molecule has 0 aliphatic carbocycles. The van der Waals surface area contributed by atoms with Gasteiger partial charge in [-0.05, 0) is 45.0 Å². The summed E-state index contributed by atoms with van der Waals surface area (Å²) in [6.07, 6.45) is 0.260. The molecule has 1 aliphatic heterocycles. The molecule has 3 N–H and O–H groups in total. The first-order chi connectivity index (χ1) is 12.0. The lowest BCUT2D eigenvalue weighted by Gasteiger charge is -2.28. The minimum absolute atomic E-state index is 0.130. The van der Waals surface area contributed by atoms with Crippen LogP contribution in [0, 0.1) is 0 Å². The largest absolute Gasteiger partial charge is 0.490 e. The molecule has 1 amide bonds. The van der Waals surface area contributed by atoms with Crippen LogP contribution in [0.2, 0.25) is 0 Å². The van der Waals surface area contributed by atoms with Gasteiger partial charge in [-0.2, -0.15) is 0 Å². The van der Waals surface area contributed by atoms with Gasteiger partial charge < -0.3 is 20.5 Å². The molecule has 1 aliphatic rings. The molecule has 134 valence electrons. The molecule has 7 heteroatoms. The van der Waals surface area contributed by atoms with Crippen molar-refractivity contribution in [3.8, 4) is 11.5 Å². The van der Waals surface area contributed by atoms with Gasteiger partial charge in [0.1, 0.15) is 23.8 Å². The number of hydrogen-bond donors (Lipinski definition) is 2. The number of piperidine rings is 1. The zero-order valence-corrected chi connectivity index (χ0v) is 14.3. The third kappa shape index (κ3) is 3.82. The van der Waals surface area contributed by atoms with E-state index in [-0.39, 0.29) is 11.7 Å². The van der Waals surface area contributed by atoms with E-state index in [1.165, 1.54) is 0 Å². The number of nitrogens with two attached hydrogens (primary N) is 1. The number of carbonyl (C=O) groups is 1. The Hall–Kier alpha value is -2.41. The Morgan fingerprint density at radius 2 is 2.20 bits per heavy atom. The summed E-state index contributed by atoms with van der Waals surface area (Å²) in [5.74, 6) is 0.281. The smallest absolute Gasteiger partial charge is 0.252 e. The van der Waals surface area contributed by atoms with Crippen LogP contribution >= 0.6 is 0 Å². The van der Waals surface area contributed by atoms with Gasteiger partial charge in [-0.25, -0.2) is 4.39 Å². The fourth-order valence-electron chi connectivity index (χ4n) is 2.87. The van der Waals surface area contributed by atoms with Crippen LogP contribution in [0.4, 0.5) is 4.39 Å². The normalized spacial score (nSPS) is 20.6. The molecule has 0 bridgehead atoms. The quantitative estimate of drug-likeness (QED) is 0.866. The van der Waals surface area contributed by atoms with Crippen LogP contribution in [0.3, 0.4) is 0 Å². The molecule has 0 spiro atoms. The number of aromatic nitrogens is 1. The highest BCUT2D eigenvalue weighted by Crippen LogP contribution is 2.32. The van der Waals surface area contributed by atoms with Gasteiger partial charge in [0.2, 0.25) is 0 Å². The standard InChI is InChI=1S/C18H22FN3O3/c1-10(2)24-16-8-11-14(7-12(16)18(20)23)22-6-4-15(11)25-17-9-21-5-3-13(17)19/h4,6-8,10,13,17,21H,3,5,9H2,1-2H3,(H2,20,23)/t13-,17-/m0/s1. The number of alkyl halides is 1. The number of halogens is 1. The van der Waals surface area contributed by atoms with Crippen molar-refractivity contribution in [1.82, 2.24) is 10.3 Å². The first-order valence-electron chi connectivity index (χ1n) is 8.36. The highest BCUT2D eigenvalue weighted by molar-refractivity contribution is 6.01. The average Bonchev–Trinajstić information content (AvgIpc) is 2.56. The van der Waals surface area contributed by atoms with E-state index in [1.54, 1.807) is 24.4 Å². The van der Waals surface area contributed by atoms with Gasteiger partial charge in [0, 0.05) is 18.1 Å². The molecule has 3 rings (SSSR count). The van der Waals surface area contributed by atoms with Crippen molar-refractivity contribution >= 4 is 16.8 Å². The Morgan fingerprint density at radius 3 is 2.88 bits per heavy atom. The van der Waals surface area contributed by atoms with Crippen molar-refractivity contribution in [2.75, 3.05) is 13.1 Å². The second kappa shape index (κ2) is 7.23. The number of nitrogens with zero attached hydrogens (tertiary/aromatic N) is 1. The molecule has 6 nitrogen and oxygen atoms in total. The molecular formula is C18H22FN3O3. The van der Waals surface area contributed by atoms with E-state index in [4.69, 9.17) is 15.2 Å². The van der Waals surface area contributed by atoms with Crippen LogP contribution in [0.1, 0.15) is 30.6 Å². The number of carbonyl (C=O) groups excluding carboxylic acids is 1. The van der Waals surface area contributed by atoms with Crippen LogP contribution in [0.15, 0.2) is 24.4 Å². The molecule has 1 saturated heterocycles. The maximum Gasteiger partial charge on any atom is 0.252 e. The summed E-state index contributed by atoms with van der Waals surface area (Å²) in [6.45, 7) is 4.81. The fourth-order valence-corrected chi connectivity index (χ4v) is 2.87. The van der Waals surface area contributed by atoms with E-state index in [1.807, 2.05) is 13.8 Å². The monoisotopic (exact) mass is 347 g/mol. The van der Waals surface area contributed by atoms with Gasteiger partial charge in [-0.3, -0.25) is 9.78 Å². The zero-order chi connectivity index (χ0) is 18.0. The molecule has 2 heterocycles. The predicted octanol–water partition coefficient (Wildman–Crippen LogP) is 2.20. The van der Waals surface area contributed by atoms with Crippen molar-refractivity contribution in [2.45, 2.75) is 38.6 Å². The van der Waals surface area contributed by atoms with Crippen molar-refractivity contribution < 1.29 is 18.7 Å². The van der Waals surface area contributed by atoms with E-state index < -0.39 is 18.2 Å². The minimum atomic E-state index is -1.03. The molecule has 1 aromatic carbocycles. The summed E-state index contributed by atoms with van der Waals surface area (Å²) in [7, 11) is 0. The van der Waals surface area contributed by atoms with Crippen LogP contribution < -0.4 is 20.5 Å². The van der Waals surface area contributed by atoms with Crippen LogP contribution in [-0.4, -0.2) is 42.4 Å². The van der Waals surface area contributed by atoms with Gasteiger partial charge in [-0.1, -0.05) is 0 Å². The molecule has 2 aromatic rings. The summed E-state index contributed by atoms with van der Waals surface area (Å²) in [6, 6.07) is 4.95. The lowest BCUT2D eigenvalue weighted by atomic mass is 10.1. The molecule has 25 heavy (non-hydrogen) atoms. The van der Waals surface area contributed by atoms with Gasteiger partial charge in [0.25, 0.3) is 5.91 Å². The SMILES string of the molecule is CC(C)Oc1cc2c(O[C@H]3CNCC[C@@H]3F)ccnc2cc1C(N)=O. The second-order valence-corrected chi connectivity index (χ2v) is 6.37. The second-order valence-electron chi connectivity index (χ2n) is 6.37. The number of rotatable bonds is 5. The Kier molecular flexibility index (Phi) is 5.03. The summed E-state index contributed by atoms with van der Waals surface area (Å²) in [5.41, 5.74) is 6.25. The van der Waals surface area contributed by atoms with E-state index in [9.17, 15) is 9.18 Å². The summed E-state index contributed by atoms with van der Waals surface area (Å²) in [5, 5.41) is 3.78. The van der Waals surface area contributed by atoms with Crippen molar-refractivity contribution in [2.24, 2.45) is 5.73 Å². The third-order valence-corrected chi connectivity index (χ3v) is 4.06. The predicted molar refractivity (Wildman–Crippen MR) is 92.8 cm³/mol. The molecule has 0 unspecified atom stereocenters. The lowest BCUT2D eigenvalue weighted by Crippen LogP contribution is -2.45. The van der Waals surface area contributed by atoms with Gasteiger partial charge in [0.05, 0.1) is 17.2 Å². The van der Waals surface area contributed by atoms with E-state index in [0.29, 0.717) is 41.9 Å². The van der Waals surface area contributed by atoms with Crippen LogP contribution in [-0.2, 0) is 0 Å². The Morgan fingerprint density at radius 1 is 1.40 bits per heavy atom. The van der Waals surface area contributed by atoms with Crippen molar-refractivity contribution in [3.63, 3.8) is 0 Å². The highest BCUT2D eigenvalue weighted by atomic mass is 19.1. The Balaban J connectivity index is 2.02. The molecule has 0 saturated carbocycles. The molecule has 2 atom stereocenters. The minimum Gasteiger partial charge on any atom is -0.490 e. The number of nitrogens with one attached hydrogen (secondary N) is 1. The first-order valence-corrected chi connectivity index (χ1v) is 8.36. The van der Waals surface area contributed by atoms with Crippen molar-refractivity contribution in [3.05, 3.63) is 30.0 Å². The molecular weight excluding hydrogens is 325 g/mol. The molecule has 0 radical (unpaired) electrons. The van der Waals surface area contributed by atoms with Crippen molar-refractivity contribution in [1.29, 1.82) is 0 Å². The number of hydrogen-bond acceptors (Lipinski definition) is 5. The maximum atomic E-state index is 14.1. The Labute approximate surface area is 145 Å². The summed E-state index contributed by atoms with van der Waals surface area (Å²) < 4.78 is 25.7. The number of fused-ring (bicyclic) bond motifs is 1. The van der Waals surface area contributed by atoms with Gasteiger partial charge in [0.15, 0.2) is 0 Å². The van der Waals surface area contributed by atoms with Gasteiger partial charge >= 0.3 is 0 Å². The summed E-state index contributed by atoms with van der Waals surface area (Å²) in [4.78, 5) is 16.0. The number of pyridine rings is 1. The number of ether oxygens (including phenoxy) is 2. The Bertz CT molecular complexity index is 781. The number of primary amides is 1. The molecule has 1 fully saturated rings. The maximum absolute atomic E-state index is 14.1. The van der Waals surface area contributed by atoms with E-state index in [0.717, 1.165) is 0 Å². The van der Waals surface area contributed by atoms with Crippen LogP contribution in [0.25, 0.3) is 10.9 Å². The number of amides is 1. The first kappa shape index (κ1) is 17.4. The fraction of sp³-hybridized carbons (Fsp3) is 0.444. The average molecular weight is 347 g/mol. The molecule has 1 aromatic heterocycles. The number of benzene rings is 1. The zero-order valence-electron chi connectivity index (χ0n) is 14.3. The van der Waals surface area contributed by atoms with Crippen LogP contribution in [0.5, 0.6) is 11.5 Å². The third-order valence-electron chi connectivity index (χ3n) is 4.06. The summed E-state index contributed by atoms with van der Waals surface area (Å²) >= 11 is 0. The van der Waals surface area contributed by atoms with Gasteiger partial charge in [-0.15, -0.1) is 0 Å².